The molecule has 0 aromatic carbocycles. The zero-order valence-corrected chi connectivity index (χ0v) is 12.5. The fraction of sp³-hybridized carbons (Fsp3) is 0.455. The number of halogens is 2. The molecule has 0 spiro atoms. The van der Waals surface area contributed by atoms with Crippen LogP contribution in [-0.2, 0) is 0 Å². The number of nitrogens with zero attached hydrogens (tertiary/aromatic N) is 4. The van der Waals surface area contributed by atoms with Crippen molar-refractivity contribution >= 4 is 44.7 Å². The van der Waals surface area contributed by atoms with Crippen LogP contribution in [0.4, 0.5) is 11.6 Å². The number of hydrogen-bond acceptors (Lipinski definition) is 5. The van der Waals surface area contributed by atoms with E-state index in [0.29, 0.717) is 16.4 Å². The molecule has 0 amide bonds. The Hall–Kier alpha value is -1.05. The molecule has 1 saturated heterocycles. The summed E-state index contributed by atoms with van der Waals surface area (Å²) in [4.78, 5) is 6.19. The molecule has 0 unspecified atom stereocenters. The molecule has 2 aromatic heterocycles. The summed E-state index contributed by atoms with van der Waals surface area (Å²) in [5.74, 6) is 1.26. The lowest BCUT2D eigenvalue weighted by molar-refractivity contribution is 0.496. The van der Waals surface area contributed by atoms with Crippen molar-refractivity contribution < 1.29 is 0 Å². The molecule has 1 aliphatic heterocycles. The van der Waals surface area contributed by atoms with Crippen LogP contribution in [0.2, 0.25) is 5.02 Å². The fourth-order valence-corrected chi connectivity index (χ4v) is 3.25. The maximum absolute atomic E-state index is 6.41. The van der Waals surface area contributed by atoms with Crippen LogP contribution in [0.25, 0.3) is 5.52 Å². The first kappa shape index (κ1) is 13.0. The lowest BCUT2D eigenvalue weighted by atomic mass is 10.1. The molecule has 0 aliphatic carbocycles. The van der Waals surface area contributed by atoms with Gasteiger partial charge >= 0.3 is 0 Å². The van der Waals surface area contributed by atoms with Crippen molar-refractivity contribution in [1.29, 1.82) is 0 Å². The van der Waals surface area contributed by atoms with E-state index in [9.17, 15) is 0 Å². The Balaban J connectivity index is 2.13. The van der Waals surface area contributed by atoms with Crippen molar-refractivity contribution in [3.05, 3.63) is 15.8 Å². The SMILES string of the molecule is Nc1ncnn2c(N3CCC(N)CC3)c(Cl)c(Br)c12. The van der Waals surface area contributed by atoms with Gasteiger partial charge in [-0.15, -0.1) is 0 Å². The summed E-state index contributed by atoms with van der Waals surface area (Å²) in [7, 11) is 0. The molecule has 0 saturated carbocycles. The minimum absolute atomic E-state index is 0.268. The molecule has 19 heavy (non-hydrogen) atoms. The van der Waals surface area contributed by atoms with Crippen LogP contribution in [-0.4, -0.2) is 33.7 Å². The Morgan fingerprint density at radius 3 is 2.74 bits per heavy atom. The van der Waals surface area contributed by atoms with Crippen LogP contribution >= 0.6 is 27.5 Å². The largest absolute Gasteiger partial charge is 0.382 e. The average Bonchev–Trinajstić information content (AvgIpc) is 2.65. The summed E-state index contributed by atoms with van der Waals surface area (Å²) >= 11 is 9.88. The van der Waals surface area contributed by atoms with Crippen LogP contribution in [0.3, 0.4) is 0 Å². The molecule has 6 nitrogen and oxygen atoms in total. The van der Waals surface area contributed by atoms with E-state index >= 15 is 0 Å². The number of piperidine rings is 1. The van der Waals surface area contributed by atoms with Gasteiger partial charge < -0.3 is 16.4 Å². The van der Waals surface area contributed by atoms with Crippen molar-refractivity contribution in [1.82, 2.24) is 14.6 Å². The zero-order valence-electron chi connectivity index (χ0n) is 10.2. The van der Waals surface area contributed by atoms with Crippen molar-refractivity contribution in [2.45, 2.75) is 18.9 Å². The molecule has 2 aromatic rings. The van der Waals surface area contributed by atoms with Gasteiger partial charge in [0.25, 0.3) is 0 Å². The number of hydrogen-bond donors (Lipinski definition) is 2. The van der Waals surface area contributed by atoms with Crippen molar-refractivity contribution in [3.8, 4) is 0 Å². The lowest BCUT2D eigenvalue weighted by Gasteiger charge is -2.31. The van der Waals surface area contributed by atoms with Gasteiger partial charge in [0.05, 0.1) is 9.50 Å². The van der Waals surface area contributed by atoms with E-state index in [0.717, 1.165) is 36.2 Å². The molecule has 0 atom stereocenters. The fourth-order valence-electron chi connectivity index (χ4n) is 2.41. The normalized spacial score (nSPS) is 17.3. The van der Waals surface area contributed by atoms with Crippen LogP contribution in [0, 0.1) is 0 Å². The molecule has 0 bridgehead atoms. The number of anilines is 2. The highest BCUT2D eigenvalue weighted by Gasteiger charge is 2.25. The maximum Gasteiger partial charge on any atom is 0.152 e. The second-order valence-electron chi connectivity index (χ2n) is 4.68. The van der Waals surface area contributed by atoms with E-state index in [1.807, 2.05) is 0 Å². The molecule has 4 N–H and O–H groups in total. The summed E-state index contributed by atoms with van der Waals surface area (Å²) in [6, 6.07) is 0.268. The highest BCUT2D eigenvalue weighted by atomic mass is 79.9. The summed E-state index contributed by atoms with van der Waals surface area (Å²) in [6.07, 6.45) is 3.33. The van der Waals surface area contributed by atoms with Gasteiger partial charge in [-0.3, -0.25) is 0 Å². The van der Waals surface area contributed by atoms with E-state index in [-0.39, 0.29) is 6.04 Å². The maximum atomic E-state index is 6.41. The van der Waals surface area contributed by atoms with Gasteiger partial charge in [0.2, 0.25) is 0 Å². The third-order valence-corrected chi connectivity index (χ3v) is 4.81. The Morgan fingerprint density at radius 1 is 1.37 bits per heavy atom. The molecule has 3 rings (SSSR count). The Kier molecular flexibility index (Phi) is 3.28. The minimum Gasteiger partial charge on any atom is -0.382 e. The van der Waals surface area contributed by atoms with Crippen molar-refractivity contribution in [2.24, 2.45) is 5.73 Å². The van der Waals surface area contributed by atoms with Crippen LogP contribution in [0.15, 0.2) is 10.8 Å². The number of fused-ring (bicyclic) bond motifs is 1. The van der Waals surface area contributed by atoms with E-state index in [4.69, 9.17) is 23.1 Å². The van der Waals surface area contributed by atoms with E-state index < -0.39 is 0 Å². The third-order valence-electron chi connectivity index (χ3n) is 3.46. The Morgan fingerprint density at radius 2 is 2.05 bits per heavy atom. The number of aromatic nitrogens is 3. The Labute approximate surface area is 123 Å². The topological polar surface area (TPSA) is 85.5 Å². The highest BCUT2D eigenvalue weighted by molar-refractivity contribution is 9.10. The Bertz CT molecular complexity index is 619. The molecule has 1 aliphatic rings. The number of nitrogen functional groups attached to an aromatic ring is 1. The first-order chi connectivity index (χ1) is 9.09. The molecule has 8 heteroatoms. The minimum atomic E-state index is 0.268. The summed E-state index contributed by atoms with van der Waals surface area (Å²) in [5.41, 5.74) is 12.5. The molecule has 1 fully saturated rings. The first-order valence-corrected chi connectivity index (χ1v) is 7.23. The van der Waals surface area contributed by atoms with Crippen molar-refractivity contribution in [3.63, 3.8) is 0 Å². The summed E-state index contributed by atoms with van der Waals surface area (Å²) in [5, 5.41) is 4.87. The average molecular weight is 346 g/mol. The van der Waals surface area contributed by atoms with E-state index in [2.05, 4.69) is 30.9 Å². The van der Waals surface area contributed by atoms with E-state index in [1.54, 1.807) is 4.52 Å². The monoisotopic (exact) mass is 344 g/mol. The van der Waals surface area contributed by atoms with Gasteiger partial charge in [0, 0.05) is 19.1 Å². The van der Waals surface area contributed by atoms with Crippen LogP contribution in [0.5, 0.6) is 0 Å². The zero-order chi connectivity index (χ0) is 13.6. The molecule has 3 heterocycles. The molecule has 0 radical (unpaired) electrons. The van der Waals surface area contributed by atoms with Gasteiger partial charge in [0.15, 0.2) is 11.6 Å². The standard InChI is InChI=1S/C11H14BrClN6/c12-7-8(13)11(18-3-1-6(14)2-4-18)19-9(7)10(15)16-5-17-19/h5-6H,1-4,14H2,(H2,15,16,17). The summed E-state index contributed by atoms with van der Waals surface area (Å²) in [6.45, 7) is 1.73. The van der Waals surface area contributed by atoms with Crippen molar-refractivity contribution in [2.75, 3.05) is 23.7 Å². The molecule has 102 valence electrons. The quantitative estimate of drug-likeness (QED) is 0.821. The van der Waals surface area contributed by atoms with Crippen LogP contribution in [0.1, 0.15) is 12.8 Å². The van der Waals surface area contributed by atoms with Gasteiger partial charge in [-0.25, -0.2) is 9.50 Å². The van der Waals surface area contributed by atoms with Gasteiger partial charge in [-0.05, 0) is 28.8 Å². The third kappa shape index (κ3) is 2.05. The van der Waals surface area contributed by atoms with Gasteiger partial charge in [0.1, 0.15) is 11.8 Å². The number of nitrogens with two attached hydrogens (primary N) is 2. The predicted octanol–water partition coefficient (Wildman–Crippen LogP) is 1.65. The smallest absolute Gasteiger partial charge is 0.152 e. The predicted molar refractivity (Wildman–Crippen MR) is 79.5 cm³/mol. The lowest BCUT2D eigenvalue weighted by Crippen LogP contribution is -2.40. The highest BCUT2D eigenvalue weighted by Crippen LogP contribution is 2.40. The molecular weight excluding hydrogens is 332 g/mol. The first-order valence-electron chi connectivity index (χ1n) is 6.06. The van der Waals surface area contributed by atoms with Gasteiger partial charge in [-0.1, -0.05) is 11.6 Å². The van der Waals surface area contributed by atoms with Crippen LogP contribution < -0.4 is 16.4 Å². The summed E-state index contributed by atoms with van der Waals surface area (Å²) < 4.78 is 2.48. The second-order valence-corrected chi connectivity index (χ2v) is 5.85. The van der Waals surface area contributed by atoms with E-state index in [1.165, 1.54) is 6.33 Å². The molecular formula is C11H14BrClN6. The second kappa shape index (κ2) is 4.81. The number of rotatable bonds is 1. The van der Waals surface area contributed by atoms with Gasteiger partial charge in [-0.2, -0.15) is 5.10 Å².